The average Bonchev–Trinajstić information content (AvgIpc) is 2.62. The zero-order chi connectivity index (χ0) is 22.1. The second-order valence-corrected chi connectivity index (χ2v) is 8.01. The van der Waals surface area contributed by atoms with Gasteiger partial charge in [-0.2, -0.15) is 47.7 Å². The SMILES string of the molecule is CS(Cc1ccc(C(F)(F)F)nc1)=NC#N.CSCc1ccc(C(F)(F)F)nc1.[B]. The van der Waals surface area contributed by atoms with Gasteiger partial charge in [-0.15, -0.1) is 0 Å². The zero-order valence-electron chi connectivity index (χ0n) is 15.8. The van der Waals surface area contributed by atoms with Crippen molar-refractivity contribution in [3.8, 4) is 6.19 Å². The molecule has 0 aliphatic rings. The largest absolute Gasteiger partial charge is 0.433 e. The lowest BCUT2D eigenvalue weighted by molar-refractivity contribution is -0.142. The van der Waals surface area contributed by atoms with Crippen molar-refractivity contribution in [3.63, 3.8) is 0 Å². The number of aromatic nitrogens is 2. The summed E-state index contributed by atoms with van der Waals surface area (Å²) in [5, 5.41) is 8.29. The third-order valence-electron chi connectivity index (χ3n) is 3.11. The van der Waals surface area contributed by atoms with E-state index in [-0.39, 0.29) is 8.41 Å². The summed E-state index contributed by atoms with van der Waals surface area (Å²) in [7, 11) is -0.506. The number of hydrogen-bond acceptors (Lipinski definition) is 5. The van der Waals surface area contributed by atoms with Crippen LogP contribution in [0.25, 0.3) is 0 Å². The molecule has 1 unspecified atom stereocenters. The molecule has 0 amide bonds. The molecule has 0 aliphatic heterocycles. The van der Waals surface area contributed by atoms with Gasteiger partial charge in [0.05, 0.1) is 0 Å². The Bertz CT molecular complexity index is 847. The molecule has 0 N–H and O–H groups in total. The Morgan fingerprint density at radius 2 is 1.43 bits per heavy atom. The number of nitriles is 1. The number of pyridine rings is 2. The minimum absolute atomic E-state index is 0. The van der Waals surface area contributed by atoms with E-state index >= 15 is 0 Å². The van der Waals surface area contributed by atoms with E-state index in [9.17, 15) is 26.3 Å². The molecule has 2 heterocycles. The molecule has 2 rings (SSSR count). The molecule has 0 saturated heterocycles. The lowest BCUT2D eigenvalue weighted by Crippen LogP contribution is -2.07. The highest BCUT2D eigenvalue weighted by Gasteiger charge is 2.32. The summed E-state index contributed by atoms with van der Waals surface area (Å²) in [4.78, 5) is 6.65. The first kappa shape index (κ1) is 27.9. The van der Waals surface area contributed by atoms with Crippen LogP contribution in [0.15, 0.2) is 41.0 Å². The molecule has 0 saturated carbocycles. The number of thioether (sulfide) groups is 1. The molecular formula is C17H16BF6N4S2. The van der Waals surface area contributed by atoms with Crippen LogP contribution in [0.4, 0.5) is 26.3 Å². The van der Waals surface area contributed by atoms with Crippen LogP contribution in [0.3, 0.4) is 0 Å². The summed E-state index contributed by atoms with van der Waals surface area (Å²) in [6.45, 7) is 0. The van der Waals surface area contributed by atoms with Crippen LogP contribution in [0.1, 0.15) is 22.5 Å². The van der Waals surface area contributed by atoms with E-state index in [1.165, 1.54) is 24.5 Å². The molecule has 0 spiro atoms. The van der Waals surface area contributed by atoms with Gasteiger partial charge in [0.1, 0.15) is 11.4 Å². The van der Waals surface area contributed by atoms with Gasteiger partial charge in [0.2, 0.25) is 6.19 Å². The molecule has 30 heavy (non-hydrogen) atoms. The number of hydrogen-bond donors (Lipinski definition) is 0. The van der Waals surface area contributed by atoms with Crippen molar-refractivity contribution in [1.82, 2.24) is 9.97 Å². The Morgan fingerprint density at radius 3 is 1.77 bits per heavy atom. The van der Waals surface area contributed by atoms with Crippen LogP contribution in [0.5, 0.6) is 0 Å². The van der Waals surface area contributed by atoms with Gasteiger partial charge in [0, 0.05) is 32.3 Å². The summed E-state index contributed by atoms with van der Waals surface area (Å²) in [6.07, 6.45) is -1.04. The summed E-state index contributed by atoms with van der Waals surface area (Å²) < 4.78 is 76.2. The highest BCUT2D eigenvalue weighted by atomic mass is 32.2. The lowest BCUT2D eigenvalue weighted by atomic mass is 10.3. The molecule has 0 aliphatic carbocycles. The third kappa shape index (κ3) is 10.1. The predicted octanol–water partition coefficient (Wildman–Crippen LogP) is 5.10. The number of halogens is 6. The van der Waals surface area contributed by atoms with Gasteiger partial charge in [-0.05, 0) is 35.8 Å². The van der Waals surface area contributed by atoms with Gasteiger partial charge in [-0.1, -0.05) is 22.8 Å². The highest BCUT2D eigenvalue weighted by Crippen LogP contribution is 2.28. The van der Waals surface area contributed by atoms with E-state index in [1.807, 2.05) is 6.26 Å². The van der Waals surface area contributed by atoms with Gasteiger partial charge >= 0.3 is 12.4 Å². The van der Waals surface area contributed by atoms with Gasteiger partial charge in [0.15, 0.2) is 0 Å². The molecule has 4 nitrogen and oxygen atoms in total. The quantitative estimate of drug-likeness (QED) is 0.358. The van der Waals surface area contributed by atoms with E-state index in [0.717, 1.165) is 17.7 Å². The summed E-state index contributed by atoms with van der Waals surface area (Å²) in [5.41, 5.74) is -0.305. The summed E-state index contributed by atoms with van der Waals surface area (Å²) in [6, 6.07) is 4.74. The second-order valence-electron chi connectivity index (χ2n) is 5.47. The van der Waals surface area contributed by atoms with E-state index < -0.39 is 34.4 Å². The molecule has 1 atom stereocenters. The zero-order valence-corrected chi connectivity index (χ0v) is 17.5. The molecular weight excluding hydrogens is 449 g/mol. The molecule has 2 aromatic heterocycles. The Morgan fingerprint density at radius 1 is 0.967 bits per heavy atom. The van der Waals surface area contributed by atoms with Crippen LogP contribution < -0.4 is 0 Å². The van der Waals surface area contributed by atoms with Gasteiger partial charge in [-0.25, -0.2) is 0 Å². The van der Waals surface area contributed by atoms with Crippen LogP contribution in [0, 0.1) is 11.5 Å². The lowest BCUT2D eigenvalue weighted by Gasteiger charge is -2.06. The van der Waals surface area contributed by atoms with Crippen LogP contribution in [-0.4, -0.2) is 30.9 Å². The summed E-state index contributed by atoms with van der Waals surface area (Å²) in [5.74, 6) is 1.11. The van der Waals surface area contributed by atoms with Crippen LogP contribution in [-0.2, 0) is 34.5 Å². The first-order valence-electron chi connectivity index (χ1n) is 7.73. The van der Waals surface area contributed by atoms with Gasteiger partial charge < -0.3 is 0 Å². The molecule has 0 aromatic carbocycles. The van der Waals surface area contributed by atoms with E-state index in [1.54, 1.807) is 24.2 Å². The van der Waals surface area contributed by atoms with Crippen molar-refractivity contribution in [2.45, 2.75) is 23.9 Å². The Labute approximate surface area is 178 Å². The van der Waals surface area contributed by atoms with E-state index in [0.29, 0.717) is 17.1 Å². The smallest absolute Gasteiger partial charge is 0.251 e. The maximum absolute atomic E-state index is 12.2. The van der Waals surface area contributed by atoms with E-state index in [4.69, 9.17) is 5.26 Å². The maximum atomic E-state index is 12.2. The fraction of sp³-hybridized carbons (Fsp3) is 0.353. The maximum Gasteiger partial charge on any atom is 0.433 e. The van der Waals surface area contributed by atoms with Crippen LogP contribution >= 0.6 is 11.8 Å². The van der Waals surface area contributed by atoms with Crippen molar-refractivity contribution in [2.75, 3.05) is 12.5 Å². The Kier molecular flexibility index (Phi) is 11.7. The number of nitrogens with zero attached hydrogens (tertiary/aromatic N) is 4. The van der Waals surface area contributed by atoms with E-state index in [2.05, 4.69) is 14.3 Å². The topological polar surface area (TPSA) is 61.9 Å². The molecule has 161 valence electrons. The van der Waals surface area contributed by atoms with Crippen molar-refractivity contribution in [2.24, 2.45) is 4.36 Å². The molecule has 3 radical (unpaired) electrons. The minimum Gasteiger partial charge on any atom is -0.251 e. The fourth-order valence-electron chi connectivity index (χ4n) is 1.86. The van der Waals surface area contributed by atoms with Gasteiger partial charge in [0.25, 0.3) is 0 Å². The highest BCUT2D eigenvalue weighted by molar-refractivity contribution is 7.97. The van der Waals surface area contributed by atoms with Crippen LogP contribution in [0.2, 0.25) is 0 Å². The average molecular weight is 465 g/mol. The summed E-state index contributed by atoms with van der Waals surface area (Å²) >= 11 is 1.55. The van der Waals surface area contributed by atoms with Crippen molar-refractivity contribution in [3.05, 3.63) is 59.2 Å². The molecule has 0 bridgehead atoms. The van der Waals surface area contributed by atoms with Crippen molar-refractivity contribution >= 4 is 30.9 Å². The second kappa shape index (κ2) is 12.6. The minimum atomic E-state index is -4.41. The first-order chi connectivity index (χ1) is 13.5. The Hall–Kier alpha value is -2.07. The fourth-order valence-corrected chi connectivity index (χ4v) is 3.23. The predicted molar refractivity (Wildman–Crippen MR) is 106 cm³/mol. The monoisotopic (exact) mass is 465 g/mol. The Balaban J connectivity index is 0.000000553. The standard InChI is InChI=1S/C9H8F3N3S.C8H8F3NS.B/c1-16(15-6-13)5-7-2-3-8(14-4-7)9(10,11)12;1-13-5-6-2-3-7(12-4-6)8(9,10)11;/h2-4H,5H2,1H3;2-4H,5H2,1H3;. The third-order valence-corrected chi connectivity index (χ3v) is 4.88. The number of rotatable bonds is 4. The van der Waals surface area contributed by atoms with Crippen molar-refractivity contribution in [1.29, 1.82) is 5.26 Å². The first-order valence-corrected chi connectivity index (χ1v) is 10.9. The molecule has 0 fully saturated rings. The van der Waals surface area contributed by atoms with Crippen molar-refractivity contribution < 1.29 is 26.3 Å². The molecule has 13 heteroatoms. The number of alkyl halides is 6. The van der Waals surface area contributed by atoms with Gasteiger partial charge in [-0.3, -0.25) is 9.97 Å². The molecule has 2 aromatic rings. The normalized spacial score (nSPS) is 12.2.